The number of imide groups is 1. The van der Waals surface area contributed by atoms with Crippen LogP contribution in [0.15, 0.2) is 47.5 Å². The van der Waals surface area contributed by atoms with Crippen molar-refractivity contribution in [1.82, 2.24) is 4.98 Å². The van der Waals surface area contributed by atoms with Crippen LogP contribution in [0.25, 0.3) is 0 Å². The zero-order valence-electron chi connectivity index (χ0n) is 16.0. The van der Waals surface area contributed by atoms with E-state index in [1.165, 1.54) is 41.2 Å². The first-order chi connectivity index (χ1) is 14.9. The van der Waals surface area contributed by atoms with E-state index in [4.69, 9.17) is 28.6 Å². The van der Waals surface area contributed by atoms with Crippen LogP contribution in [0.3, 0.4) is 0 Å². The summed E-state index contributed by atoms with van der Waals surface area (Å²) in [5.41, 5.74) is 1.27. The smallest absolute Gasteiger partial charge is 0.248 e. The van der Waals surface area contributed by atoms with Crippen molar-refractivity contribution in [1.29, 1.82) is 0 Å². The molecule has 1 fully saturated rings. The summed E-state index contributed by atoms with van der Waals surface area (Å²) in [6.07, 6.45) is 0. The van der Waals surface area contributed by atoms with Gasteiger partial charge in [0, 0.05) is 15.8 Å². The quantitative estimate of drug-likeness (QED) is 0.398. The van der Waals surface area contributed by atoms with Gasteiger partial charge < -0.3 is 14.8 Å². The number of anilines is 1. The number of hydrogen-bond donors (Lipinski definition) is 2. The van der Waals surface area contributed by atoms with Gasteiger partial charge in [0.25, 0.3) is 0 Å². The number of carbonyl (C=O) groups is 2. The second kappa shape index (κ2) is 7.67. The number of carbonyl (C=O) groups excluding carboxylic acids is 2. The Balaban J connectivity index is 1.66. The number of aromatic nitrogens is 1. The molecule has 0 saturated carbocycles. The van der Waals surface area contributed by atoms with Crippen LogP contribution < -0.4 is 9.64 Å². The Morgan fingerprint density at radius 3 is 2.61 bits per heavy atom. The van der Waals surface area contributed by atoms with Gasteiger partial charge in [-0.2, -0.15) is 0 Å². The number of halogens is 1. The Morgan fingerprint density at radius 1 is 1.16 bits per heavy atom. The van der Waals surface area contributed by atoms with E-state index in [-0.39, 0.29) is 17.6 Å². The lowest BCUT2D eigenvalue weighted by Crippen LogP contribution is -2.32. The Kier molecular flexibility index (Phi) is 5.09. The number of rotatable bonds is 3. The van der Waals surface area contributed by atoms with E-state index in [9.17, 15) is 14.7 Å². The van der Waals surface area contributed by atoms with Gasteiger partial charge in [0.15, 0.2) is 15.5 Å². The zero-order chi connectivity index (χ0) is 21.9. The van der Waals surface area contributed by atoms with Gasteiger partial charge in [0.05, 0.1) is 23.7 Å². The van der Waals surface area contributed by atoms with Gasteiger partial charge >= 0.3 is 0 Å². The lowest BCUT2D eigenvalue weighted by atomic mass is 9.83. The predicted octanol–water partition coefficient (Wildman–Crippen LogP) is 4.97. The average Bonchev–Trinajstić information content (AvgIpc) is 3.24. The number of nitrogens with zero attached hydrogens (tertiary/aromatic N) is 1. The maximum atomic E-state index is 13.6. The molecule has 0 radical (unpaired) electrons. The van der Waals surface area contributed by atoms with E-state index in [1.807, 2.05) is 0 Å². The molecule has 5 rings (SSSR count). The number of H-pyrrole nitrogens is 1. The number of fused-ring (bicyclic) bond motifs is 2. The topological polar surface area (TPSA) is 82.6 Å². The SMILES string of the molecule is COc1cc(C2c3sc(=S)[nH]c3SC3C(=O)N(c4ccc(Cl)cc4)C(=O)C32)ccc1O. The minimum Gasteiger partial charge on any atom is -0.504 e. The van der Waals surface area contributed by atoms with E-state index in [1.54, 1.807) is 36.4 Å². The molecule has 0 bridgehead atoms. The molecule has 3 unspecified atom stereocenters. The predicted molar refractivity (Wildman–Crippen MR) is 123 cm³/mol. The van der Waals surface area contributed by atoms with E-state index in [2.05, 4.69) is 4.98 Å². The number of phenolic OH excluding ortho intramolecular Hbond substituents is 1. The molecule has 10 heteroatoms. The standard InChI is InChI=1S/C21H15ClN2O4S3/c1-28-13-8-9(2-7-12(13)25)14-15-17(30-18-16(14)31-21(29)23-18)20(27)24(19(15)26)11-5-3-10(22)4-6-11/h2-8,14-15,17,25H,1H3,(H,23,29). The van der Waals surface area contributed by atoms with E-state index in [0.717, 1.165) is 15.5 Å². The number of nitrogens with one attached hydrogen (secondary N) is 1. The van der Waals surface area contributed by atoms with Crippen molar-refractivity contribution >= 4 is 64.4 Å². The number of hydrogen-bond acceptors (Lipinski definition) is 7. The fourth-order valence-corrected chi connectivity index (χ4v) is 7.20. The van der Waals surface area contributed by atoms with E-state index in [0.29, 0.717) is 20.4 Å². The molecule has 2 aromatic carbocycles. The molecule has 2 amide bonds. The van der Waals surface area contributed by atoms with E-state index < -0.39 is 17.1 Å². The molecule has 0 aliphatic carbocycles. The number of aromatic hydroxyl groups is 1. The molecule has 0 spiro atoms. The van der Waals surface area contributed by atoms with Crippen LogP contribution in [0.4, 0.5) is 5.69 Å². The molecule has 1 aromatic heterocycles. The summed E-state index contributed by atoms with van der Waals surface area (Å²) < 4.78 is 5.86. The summed E-state index contributed by atoms with van der Waals surface area (Å²) >= 11 is 14.1. The van der Waals surface area contributed by atoms with Gasteiger partial charge in [-0.15, -0.1) is 11.3 Å². The van der Waals surface area contributed by atoms with Crippen molar-refractivity contribution in [2.24, 2.45) is 5.92 Å². The first kappa shape index (κ1) is 20.6. The number of thioether (sulfide) groups is 1. The Hall–Kier alpha value is -2.33. The van der Waals surface area contributed by atoms with Gasteiger partial charge in [0.1, 0.15) is 5.25 Å². The summed E-state index contributed by atoms with van der Waals surface area (Å²) in [4.78, 5) is 32.3. The minimum absolute atomic E-state index is 0.00604. The molecule has 2 aliphatic rings. The second-order valence-corrected chi connectivity index (χ2v) is 10.5. The maximum absolute atomic E-state index is 13.6. The normalized spacial score (nSPS) is 22.4. The van der Waals surface area contributed by atoms with Crippen molar-refractivity contribution in [3.05, 3.63) is 61.9 Å². The van der Waals surface area contributed by atoms with Crippen molar-refractivity contribution in [3.8, 4) is 11.5 Å². The highest BCUT2D eigenvalue weighted by atomic mass is 35.5. The Labute approximate surface area is 195 Å². The number of amides is 2. The van der Waals surface area contributed by atoms with Crippen molar-refractivity contribution in [3.63, 3.8) is 0 Å². The molecule has 2 aliphatic heterocycles. The molecule has 3 aromatic rings. The van der Waals surface area contributed by atoms with Gasteiger partial charge in [-0.1, -0.05) is 29.4 Å². The lowest BCUT2D eigenvalue weighted by molar-refractivity contribution is -0.122. The molecule has 2 N–H and O–H groups in total. The first-order valence-corrected chi connectivity index (χ1v) is 11.8. The highest BCUT2D eigenvalue weighted by molar-refractivity contribution is 8.01. The summed E-state index contributed by atoms with van der Waals surface area (Å²) in [7, 11) is 1.47. The van der Waals surface area contributed by atoms with Crippen LogP contribution in [0, 0.1) is 9.87 Å². The molecule has 1 saturated heterocycles. The molecule has 158 valence electrons. The van der Waals surface area contributed by atoms with Gasteiger partial charge in [0.2, 0.25) is 11.8 Å². The zero-order valence-corrected chi connectivity index (χ0v) is 19.2. The number of phenols is 1. The molecular formula is C21H15ClN2O4S3. The summed E-state index contributed by atoms with van der Waals surface area (Å²) in [6, 6.07) is 11.7. The molecule has 3 atom stereocenters. The summed E-state index contributed by atoms with van der Waals surface area (Å²) in [6.45, 7) is 0. The second-order valence-electron chi connectivity index (χ2n) is 7.17. The molecular weight excluding hydrogens is 476 g/mol. The number of ether oxygens (including phenoxy) is 1. The third-order valence-corrected chi connectivity index (χ3v) is 8.48. The highest BCUT2D eigenvalue weighted by Gasteiger charge is 2.56. The number of benzene rings is 2. The fraction of sp³-hybridized carbons (Fsp3) is 0.190. The monoisotopic (exact) mass is 490 g/mol. The number of thiazole rings is 1. The van der Waals surface area contributed by atoms with Crippen LogP contribution in [0.2, 0.25) is 5.02 Å². The van der Waals surface area contributed by atoms with Crippen LogP contribution in [0.5, 0.6) is 11.5 Å². The van der Waals surface area contributed by atoms with Crippen LogP contribution in [0.1, 0.15) is 16.4 Å². The third-order valence-electron chi connectivity index (χ3n) is 5.47. The van der Waals surface area contributed by atoms with Crippen LogP contribution in [-0.2, 0) is 9.59 Å². The Bertz CT molecular complexity index is 1270. The third kappa shape index (κ3) is 3.27. The molecule has 3 heterocycles. The fourth-order valence-electron chi connectivity index (χ4n) is 4.11. The highest BCUT2D eigenvalue weighted by Crippen LogP contribution is 2.54. The number of methoxy groups -OCH3 is 1. The van der Waals surface area contributed by atoms with Crippen molar-refractivity contribution in [2.45, 2.75) is 16.2 Å². The lowest BCUT2D eigenvalue weighted by Gasteiger charge is -2.30. The van der Waals surface area contributed by atoms with Crippen molar-refractivity contribution in [2.75, 3.05) is 12.0 Å². The first-order valence-electron chi connectivity index (χ1n) is 9.29. The number of aromatic amines is 1. The van der Waals surface area contributed by atoms with Crippen molar-refractivity contribution < 1.29 is 19.4 Å². The Morgan fingerprint density at radius 2 is 1.90 bits per heavy atom. The molecule has 6 nitrogen and oxygen atoms in total. The van der Waals surface area contributed by atoms with Gasteiger partial charge in [-0.25, -0.2) is 4.90 Å². The maximum Gasteiger partial charge on any atom is 0.248 e. The van der Waals surface area contributed by atoms with Gasteiger partial charge in [-0.3, -0.25) is 9.59 Å². The van der Waals surface area contributed by atoms with Crippen LogP contribution in [-0.4, -0.2) is 34.3 Å². The summed E-state index contributed by atoms with van der Waals surface area (Å²) in [5.74, 6) is -1.24. The van der Waals surface area contributed by atoms with E-state index >= 15 is 0 Å². The summed E-state index contributed by atoms with van der Waals surface area (Å²) in [5, 5.41) is 10.8. The van der Waals surface area contributed by atoms with Crippen LogP contribution >= 0.6 is 46.9 Å². The minimum atomic E-state index is -0.614. The largest absolute Gasteiger partial charge is 0.504 e. The molecule has 31 heavy (non-hydrogen) atoms. The average molecular weight is 491 g/mol. The van der Waals surface area contributed by atoms with Gasteiger partial charge in [-0.05, 0) is 54.2 Å².